The molecule has 1 aliphatic heterocycles. The Kier molecular flexibility index (Phi) is 2.68. The molecule has 0 radical (unpaired) electrons. The Labute approximate surface area is 107 Å². The molecule has 1 aliphatic rings. The maximum Gasteiger partial charge on any atom is 0.0586 e. The van der Waals surface area contributed by atoms with Crippen LogP contribution in [0.2, 0.25) is 0 Å². The number of thiol groups is 1. The standard InChI is InChI=1S/C14H17NOS/c1-10-13(14(6-7-17)8-16-9-14)11-4-2-3-5-12(11)15-10/h2-5,15,17H,6-9H2,1H3. The summed E-state index contributed by atoms with van der Waals surface area (Å²) in [6, 6.07) is 8.52. The number of aryl methyl sites for hydroxylation is 1. The van der Waals surface area contributed by atoms with Crippen LogP contribution in [0.15, 0.2) is 24.3 Å². The van der Waals surface area contributed by atoms with Gasteiger partial charge in [-0.15, -0.1) is 0 Å². The minimum Gasteiger partial charge on any atom is -0.379 e. The summed E-state index contributed by atoms with van der Waals surface area (Å²) in [5.74, 6) is 0.905. The van der Waals surface area contributed by atoms with Gasteiger partial charge in [-0.1, -0.05) is 18.2 Å². The third kappa shape index (κ3) is 1.60. The molecule has 2 heterocycles. The molecule has 0 aliphatic carbocycles. The van der Waals surface area contributed by atoms with Crippen LogP contribution in [0.3, 0.4) is 0 Å². The highest BCUT2D eigenvalue weighted by atomic mass is 32.1. The molecule has 90 valence electrons. The molecule has 1 saturated heterocycles. The van der Waals surface area contributed by atoms with E-state index < -0.39 is 0 Å². The van der Waals surface area contributed by atoms with Crippen molar-refractivity contribution in [2.45, 2.75) is 18.8 Å². The predicted octanol–water partition coefficient (Wildman–Crippen LogP) is 3.06. The van der Waals surface area contributed by atoms with Gasteiger partial charge in [0.1, 0.15) is 0 Å². The van der Waals surface area contributed by atoms with Gasteiger partial charge in [-0.2, -0.15) is 12.6 Å². The van der Waals surface area contributed by atoms with Crippen LogP contribution >= 0.6 is 12.6 Å². The van der Waals surface area contributed by atoms with Crippen molar-refractivity contribution in [3.8, 4) is 0 Å². The van der Waals surface area contributed by atoms with Gasteiger partial charge in [-0.25, -0.2) is 0 Å². The van der Waals surface area contributed by atoms with Crippen molar-refractivity contribution in [1.29, 1.82) is 0 Å². The average Bonchev–Trinajstić information content (AvgIpc) is 2.60. The molecule has 1 fully saturated rings. The molecular formula is C14H17NOS. The largest absolute Gasteiger partial charge is 0.379 e. The van der Waals surface area contributed by atoms with E-state index in [0.29, 0.717) is 0 Å². The van der Waals surface area contributed by atoms with E-state index >= 15 is 0 Å². The molecule has 2 nitrogen and oxygen atoms in total. The van der Waals surface area contributed by atoms with Crippen molar-refractivity contribution < 1.29 is 4.74 Å². The zero-order valence-corrected chi connectivity index (χ0v) is 10.9. The molecule has 3 rings (SSSR count). The van der Waals surface area contributed by atoms with E-state index in [2.05, 4.69) is 48.8 Å². The topological polar surface area (TPSA) is 25.0 Å². The number of hydrogen-bond acceptors (Lipinski definition) is 2. The number of nitrogens with one attached hydrogen (secondary N) is 1. The first-order valence-electron chi connectivity index (χ1n) is 6.03. The van der Waals surface area contributed by atoms with Gasteiger partial charge in [0, 0.05) is 22.0 Å². The van der Waals surface area contributed by atoms with Crippen LogP contribution in [0.25, 0.3) is 10.9 Å². The summed E-state index contributed by atoms with van der Waals surface area (Å²) in [6.07, 6.45) is 1.08. The van der Waals surface area contributed by atoms with Crippen molar-refractivity contribution in [1.82, 2.24) is 4.98 Å². The number of hydrogen-bond donors (Lipinski definition) is 2. The fraction of sp³-hybridized carbons (Fsp3) is 0.429. The number of H-pyrrole nitrogens is 1. The van der Waals surface area contributed by atoms with Crippen LogP contribution < -0.4 is 0 Å². The molecule has 0 amide bonds. The Morgan fingerprint density at radius 2 is 2.12 bits per heavy atom. The van der Waals surface area contributed by atoms with E-state index in [0.717, 1.165) is 25.4 Å². The first-order chi connectivity index (χ1) is 8.27. The van der Waals surface area contributed by atoms with Gasteiger partial charge in [-0.3, -0.25) is 0 Å². The quantitative estimate of drug-likeness (QED) is 0.801. The summed E-state index contributed by atoms with van der Waals surface area (Å²) < 4.78 is 5.47. The molecule has 0 atom stereocenters. The first kappa shape index (κ1) is 11.2. The smallest absolute Gasteiger partial charge is 0.0586 e. The number of rotatable bonds is 3. The maximum absolute atomic E-state index is 5.47. The minimum atomic E-state index is 0.186. The van der Waals surface area contributed by atoms with Gasteiger partial charge in [-0.05, 0) is 30.7 Å². The zero-order valence-electron chi connectivity index (χ0n) is 9.99. The van der Waals surface area contributed by atoms with Crippen molar-refractivity contribution in [3.63, 3.8) is 0 Å². The fourth-order valence-electron chi connectivity index (χ4n) is 2.94. The van der Waals surface area contributed by atoms with Gasteiger partial charge < -0.3 is 9.72 Å². The van der Waals surface area contributed by atoms with Crippen molar-refractivity contribution in [2.24, 2.45) is 0 Å². The Balaban J connectivity index is 2.18. The second-order valence-corrected chi connectivity index (χ2v) is 5.36. The second kappa shape index (κ2) is 4.07. The third-order valence-corrected chi connectivity index (χ3v) is 3.99. The Morgan fingerprint density at radius 1 is 1.35 bits per heavy atom. The molecule has 1 N–H and O–H groups in total. The van der Waals surface area contributed by atoms with Crippen LogP contribution in [0.5, 0.6) is 0 Å². The molecule has 1 aromatic carbocycles. The molecule has 0 spiro atoms. The average molecular weight is 247 g/mol. The van der Waals surface area contributed by atoms with E-state index in [-0.39, 0.29) is 5.41 Å². The lowest BCUT2D eigenvalue weighted by atomic mass is 9.75. The highest BCUT2D eigenvalue weighted by Gasteiger charge is 2.42. The molecule has 1 aromatic heterocycles. The van der Waals surface area contributed by atoms with Crippen LogP contribution in [0.4, 0.5) is 0 Å². The second-order valence-electron chi connectivity index (χ2n) is 4.92. The summed E-state index contributed by atoms with van der Waals surface area (Å²) >= 11 is 4.40. The van der Waals surface area contributed by atoms with Gasteiger partial charge in [0.25, 0.3) is 0 Å². The van der Waals surface area contributed by atoms with E-state index in [1.807, 2.05) is 0 Å². The fourth-order valence-corrected chi connectivity index (χ4v) is 3.36. The molecule has 2 aromatic rings. The normalized spacial score (nSPS) is 18.2. The van der Waals surface area contributed by atoms with Gasteiger partial charge >= 0.3 is 0 Å². The predicted molar refractivity (Wildman–Crippen MR) is 74.0 cm³/mol. The highest BCUT2D eigenvalue weighted by molar-refractivity contribution is 7.80. The van der Waals surface area contributed by atoms with E-state index in [9.17, 15) is 0 Å². The molecule has 17 heavy (non-hydrogen) atoms. The summed E-state index contributed by atoms with van der Waals surface area (Å²) in [6.45, 7) is 3.82. The summed E-state index contributed by atoms with van der Waals surface area (Å²) in [5.41, 5.74) is 4.13. The Bertz CT molecular complexity index is 542. The lowest BCUT2D eigenvalue weighted by Crippen LogP contribution is -2.47. The van der Waals surface area contributed by atoms with Gasteiger partial charge in [0.05, 0.1) is 13.2 Å². The SMILES string of the molecule is Cc1[nH]c2ccccc2c1C1(CCS)COC1. The summed E-state index contributed by atoms with van der Waals surface area (Å²) in [5, 5.41) is 1.34. The minimum absolute atomic E-state index is 0.186. The van der Waals surface area contributed by atoms with Crippen LogP contribution in [0, 0.1) is 6.92 Å². The number of fused-ring (bicyclic) bond motifs is 1. The summed E-state index contributed by atoms with van der Waals surface area (Å²) in [7, 11) is 0. The molecule has 0 bridgehead atoms. The Morgan fingerprint density at radius 3 is 2.76 bits per heavy atom. The highest BCUT2D eigenvalue weighted by Crippen LogP contribution is 2.41. The number of ether oxygens (including phenoxy) is 1. The molecule has 0 saturated carbocycles. The molecule has 0 unspecified atom stereocenters. The first-order valence-corrected chi connectivity index (χ1v) is 6.66. The molecular weight excluding hydrogens is 230 g/mol. The van der Waals surface area contributed by atoms with Crippen molar-refractivity contribution in [3.05, 3.63) is 35.5 Å². The number of para-hydroxylation sites is 1. The third-order valence-electron chi connectivity index (χ3n) is 3.77. The lowest BCUT2D eigenvalue weighted by Gasteiger charge is -2.42. The zero-order chi connectivity index (χ0) is 11.9. The monoisotopic (exact) mass is 247 g/mol. The lowest BCUT2D eigenvalue weighted by molar-refractivity contribution is -0.0609. The molecule has 3 heteroatoms. The van der Waals surface area contributed by atoms with Crippen molar-refractivity contribution >= 4 is 23.5 Å². The van der Waals surface area contributed by atoms with Crippen LogP contribution in [-0.4, -0.2) is 24.0 Å². The summed E-state index contributed by atoms with van der Waals surface area (Å²) in [4.78, 5) is 3.48. The number of aromatic amines is 1. The van der Waals surface area contributed by atoms with Crippen LogP contribution in [-0.2, 0) is 10.2 Å². The van der Waals surface area contributed by atoms with Gasteiger partial charge in [0.2, 0.25) is 0 Å². The van der Waals surface area contributed by atoms with E-state index in [1.165, 1.54) is 22.2 Å². The number of benzene rings is 1. The van der Waals surface area contributed by atoms with Crippen LogP contribution in [0.1, 0.15) is 17.7 Å². The van der Waals surface area contributed by atoms with Gasteiger partial charge in [0.15, 0.2) is 0 Å². The van der Waals surface area contributed by atoms with Crippen molar-refractivity contribution in [2.75, 3.05) is 19.0 Å². The maximum atomic E-state index is 5.47. The van der Waals surface area contributed by atoms with E-state index in [4.69, 9.17) is 4.74 Å². The number of aromatic nitrogens is 1. The Hall–Kier alpha value is -0.930. The van der Waals surface area contributed by atoms with E-state index in [1.54, 1.807) is 0 Å².